The van der Waals surface area contributed by atoms with Gasteiger partial charge in [-0.05, 0) is 87.6 Å². The Kier molecular flexibility index (Phi) is 12.1. The molecule has 5 heterocycles. The Balaban J connectivity index is 0.000000148. The van der Waals surface area contributed by atoms with Crippen molar-refractivity contribution in [3.05, 3.63) is 58.7 Å². The molecule has 0 bridgehead atoms. The zero-order chi connectivity index (χ0) is 40.6. The normalized spacial score (nSPS) is 19.1. The van der Waals surface area contributed by atoms with Gasteiger partial charge < -0.3 is 34.2 Å². The molecule has 8 rings (SSSR count). The number of carbonyl (C=O) groups excluding carboxylic acids is 3. The lowest BCUT2D eigenvalue weighted by Gasteiger charge is -2.29. The van der Waals surface area contributed by atoms with Crippen LogP contribution in [0.4, 0.5) is 16.2 Å². The third-order valence-corrected chi connectivity index (χ3v) is 13.2. The summed E-state index contributed by atoms with van der Waals surface area (Å²) >= 11 is 0. The highest BCUT2D eigenvalue weighted by molar-refractivity contribution is 8.13. The summed E-state index contributed by atoms with van der Waals surface area (Å²) in [5.74, 6) is 0.752. The summed E-state index contributed by atoms with van der Waals surface area (Å²) in [6.07, 6.45) is 2.97. The summed E-state index contributed by atoms with van der Waals surface area (Å²) in [4.78, 5) is 40.0. The van der Waals surface area contributed by atoms with Crippen LogP contribution >= 0.6 is 10.7 Å². The largest absolute Gasteiger partial charge is 0.490 e. The number of hydrogen-bond donors (Lipinski definition) is 1. The number of nitrogens with one attached hydrogen (secondary N) is 1. The topological polar surface area (TPSA) is 172 Å². The van der Waals surface area contributed by atoms with Crippen LogP contribution in [0.5, 0.6) is 11.5 Å². The van der Waals surface area contributed by atoms with E-state index in [1.165, 1.54) is 59.2 Å². The molecular weight excluding hydrogens is 786 g/mol. The van der Waals surface area contributed by atoms with Crippen LogP contribution in [0.3, 0.4) is 0 Å². The van der Waals surface area contributed by atoms with Crippen molar-refractivity contribution in [2.45, 2.75) is 69.3 Å². The number of benzene rings is 2. The number of halogens is 1. The summed E-state index contributed by atoms with van der Waals surface area (Å²) in [5.41, 5.74) is 5.86. The molecule has 1 aliphatic carbocycles. The fraction of sp³-hybridized carbons (Fsp3) is 0.500. The van der Waals surface area contributed by atoms with Gasteiger partial charge in [0.15, 0.2) is 0 Å². The number of fused-ring (bicyclic) bond motifs is 2. The van der Waals surface area contributed by atoms with Crippen LogP contribution in [0.25, 0.3) is 0 Å². The molecule has 0 fully saturated rings. The van der Waals surface area contributed by atoms with Crippen molar-refractivity contribution in [2.24, 2.45) is 0 Å². The molecule has 2 aromatic carbocycles. The molecule has 56 heavy (non-hydrogen) atoms. The van der Waals surface area contributed by atoms with Crippen LogP contribution in [0.2, 0.25) is 0 Å². The van der Waals surface area contributed by atoms with Crippen LogP contribution in [-0.4, -0.2) is 115 Å². The summed E-state index contributed by atoms with van der Waals surface area (Å²) < 4.78 is 66.2. The summed E-state index contributed by atoms with van der Waals surface area (Å²) in [7, 11) is -2.12. The fourth-order valence-electron chi connectivity index (χ4n) is 7.33. The molecule has 5 aliphatic heterocycles. The van der Waals surface area contributed by atoms with E-state index in [0.29, 0.717) is 62.3 Å². The fourth-order valence-corrected chi connectivity index (χ4v) is 9.56. The van der Waals surface area contributed by atoms with Gasteiger partial charge >= 0.3 is 6.09 Å². The molecule has 0 unspecified atom stereocenters. The van der Waals surface area contributed by atoms with Crippen molar-refractivity contribution in [3.63, 3.8) is 0 Å². The van der Waals surface area contributed by atoms with E-state index in [0.717, 1.165) is 45.4 Å². The minimum atomic E-state index is -3.81. The molecule has 0 saturated carbocycles. The van der Waals surface area contributed by atoms with Crippen molar-refractivity contribution in [2.75, 3.05) is 75.4 Å². The third-order valence-electron chi connectivity index (χ3n) is 10.1. The van der Waals surface area contributed by atoms with E-state index < -0.39 is 24.7 Å². The average molecular weight is 834 g/mol. The Morgan fingerprint density at radius 3 is 1.68 bits per heavy atom. The molecule has 0 saturated heterocycles. The number of ether oxygens (including phenoxy) is 3. The maximum atomic E-state index is 13.0. The summed E-state index contributed by atoms with van der Waals surface area (Å²) in [5, 5.41) is 3.28. The van der Waals surface area contributed by atoms with Crippen LogP contribution < -0.4 is 24.6 Å². The van der Waals surface area contributed by atoms with Gasteiger partial charge in [0.2, 0.25) is 21.8 Å². The van der Waals surface area contributed by atoms with Crippen LogP contribution in [0, 0.1) is 0 Å². The quantitative estimate of drug-likeness (QED) is 0.343. The lowest BCUT2D eigenvalue weighted by Crippen LogP contribution is -2.37. The first-order chi connectivity index (χ1) is 26.3. The molecule has 304 valence electrons. The number of nitrogens with zero attached hydrogens (tertiary/aromatic N) is 4. The smallest absolute Gasteiger partial charge is 0.410 e. The average Bonchev–Trinajstić information content (AvgIpc) is 3.93. The number of hydrogen-bond acceptors (Lipinski definition) is 11. The molecule has 0 atom stereocenters. The highest BCUT2D eigenvalue weighted by Gasteiger charge is 2.35. The van der Waals surface area contributed by atoms with Crippen LogP contribution in [-0.2, 0) is 33.4 Å². The predicted molar refractivity (Wildman–Crippen MR) is 210 cm³/mol. The lowest BCUT2D eigenvalue weighted by atomic mass is 10.2. The number of carbonyl (C=O) groups is 3. The van der Waals surface area contributed by atoms with Gasteiger partial charge in [0.1, 0.15) is 30.3 Å². The standard InChI is InChI=1S/C17H20N2O4S.C11H18N2O2.C10H10ClNO4S/c1-12(20)19-7-8-23-17-6-5-15(9-16(17)19)24(21,22)18-10-13-3-2-4-14(13)11-18;1-11(2,3)15-10(14)13-6-8-4-12-5-9(8)7-13;1-7(13)12-4-5-16-10-3-2-8(6-9(10)12)17(11,14)15/h5-6,9H,2-4,7-8,10-11H2,1H3;12H,4-7H2,1-3H3;2-3,6H,4-5H2,1H3. The van der Waals surface area contributed by atoms with Crippen molar-refractivity contribution in [1.82, 2.24) is 14.5 Å². The Labute approximate surface area is 332 Å². The van der Waals surface area contributed by atoms with Crippen molar-refractivity contribution in [1.29, 1.82) is 0 Å². The molecule has 1 N–H and O–H groups in total. The van der Waals surface area contributed by atoms with Gasteiger partial charge in [-0.1, -0.05) is 11.1 Å². The predicted octanol–water partition coefficient (Wildman–Crippen LogP) is 4.41. The molecule has 2 aromatic rings. The van der Waals surface area contributed by atoms with Crippen molar-refractivity contribution >= 4 is 59.0 Å². The minimum Gasteiger partial charge on any atom is -0.490 e. The Morgan fingerprint density at radius 2 is 1.21 bits per heavy atom. The van der Waals surface area contributed by atoms with Gasteiger partial charge in [0.05, 0.1) is 34.3 Å². The highest BCUT2D eigenvalue weighted by atomic mass is 35.7. The maximum absolute atomic E-state index is 13.0. The Morgan fingerprint density at radius 1 is 0.732 bits per heavy atom. The van der Waals surface area contributed by atoms with E-state index in [1.54, 1.807) is 32.3 Å². The molecule has 0 spiro atoms. The monoisotopic (exact) mass is 833 g/mol. The number of rotatable bonds is 3. The zero-order valence-corrected chi connectivity index (χ0v) is 34.6. The lowest BCUT2D eigenvalue weighted by molar-refractivity contribution is -0.117. The van der Waals surface area contributed by atoms with E-state index in [-0.39, 0.29) is 27.7 Å². The first kappa shape index (κ1) is 41.5. The van der Waals surface area contributed by atoms with Gasteiger partial charge in [-0.15, -0.1) is 0 Å². The molecule has 6 aliphatic rings. The maximum Gasteiger partial charge on any atom is 0.410 e. The SMILES string of the molecule is CC(=O)N1CCOc2ccc(S(=O)(=O)Cl)cc21.CC(=O)N1CCOc2ccc(S(=O)(=O)N3CC4=C(CCC4)C3)cc21.CC(C)(C)OC(=O)N1CC2=C(CNC2)C1. The number of amides is 3. The van der Waals surface area contributed by atoms with Gasteiger partial charge in [-0.2, -0.15) is 4.31 Å². The van der Waals surface area contributed by atoms with Crippen molar-refractivity contribution in [3.8, 4) is 11.5 Å². The van der Waals surface area contributed by atoms with Gasteiger partial charge in [0, 0.05) is 63.8 Å². The summed E-state index contributed by atoms with van der Waals surface area (Å²) in [6, 6.07) is 8.98. The molecule has 0 radical (unpaired) electrons. The van der Waals surface area contributed by atoms with E-state index >= 15 is 0 Å². The first-order valence-corrected chi connectivity index (χ1v) is 22.2. The van der Waals surface area contributed by atoms with E-state index in [4.69, 9.17) is 24.9 Å². The Hall–Kier alpha value is -4.16. The minimum absolute atomic E-state index is 0.0466. The van der Waals surface area contributed by atoms with Gasteiger partial charge in [-0.25, -0.2) is 21.6 Å². The van der Waals surface area contributed by atoms with E-state index in [9.17, 15) is 31.2 Å². The second-order valence-corrected chi connectivity index (χ2v) is 19.7. The van der Waals surface area contributed by atoms with Gasteiger partial charge in [-0.3, -0.25) is 9.59 Å². The molecular formula is C38H48ClN5O10S2. The first-order valence-electron chi connectivity index (χ1n) is 18.4. The second kappa shape index (κ2) is 16.4. The van der Waals surface area contributed by atoms with Crippen molar-refractivity contribution < 1.29 is 45.4 Å². The molecule has 3 amide bonds. The second-order valence-electron chi connectivity index (χ2n) is 15.2. The van der Waals surface area contributed by atoms with Crippen LogP contribution in [0.15, 0.2) is 68.5 Å². The third kappa shape index (κ3) is 9.34. The van der Waals surface area contributed by atoms with E-state index in [2.05, 4.69) is 5.32 Å². The number of anilines is 2. The highest BCUT2D eigenvalue weighted by Crippen LogP contribution is 2.38. The van der Waals surface area contributed by atoms with Gasteiger partial charge in [0.25, 0.3) is 9.05 Å². The summed E-state index contributed by atoms with van der Waals surface area (Å²) in [6.45, 7) is 14.5. The zero-order valence-electron chi connectivity index (χ0n) is 32.2. The number of sulfonamides is 1. The molecule has 15 nitrogen and oxygen atoms in total. The molecule has 18 heteroatoms. The van der Waals surface area contributed by atoms with E-state index in [1.807, 2.05) is 20.8 Å². The van der Waals surface area contributed by atoms with Crippen LogP contribution in [0.1, 0.15) is 53.9 Å². The Bertz CT molecular complexity index is 2170. The molecule has 0 aromatic heterocycles.